The molecule has 0 heterocycles. The third-order valence-electron chi connectivity index (χ3n) is 3.08. The van der Waals surface area contributed by atoms with Crippen molar-refractivity contribution in [3.8, 4) is 5.75 Å². The highest BCUT2D eigenvalue weighted by Crippen LogP contribution is 2.24. The maximum absolute atomic E-state index is 12.3. The number of ether oxygens (including phenoxy) is 1. The van der Waals surface area contributed by atoms with E-state index in [1.54, 1.807) is 25.1 Å². The standard InChI is InChI=1S/C15H15N3O5S/c1-11-6-7-14(23-2)15(8-11)24(21,22)17-16-10-12-4-3-5-13(9-12)18(19)20/h3-10,17H,1-2H3/b16-10+. The SMILES string of the molecule is COc1ccc(C)cc1S(=O)(=O)N/N=C/c1cccc([N+](=O)[O-])c1. The molecule has 0 saturated heterocycles. The molecular weight excluding hydrogens is 334 g/mol. The molecule has 0 unspecified atom stereocenters. The molecule has 0 aromatic heterocycles. The first-order chi connectivity index (χ1) is 11.3. The summed E-state index contributed by atoms with van der Waals surface area (Å²) in [6.45, 7) is 1.75. The average Bonchev–Trinajstić information content (AvgIpc) is 2.55. The Morgan fingerprint density at radius 1 is 1.25 bits per heavy atom. The summed E-state index contributed by atoms with van der Waals surface area (Å²) in [7, 11) is -2.56. The van der Waals surface area contributed by atoms with Gasteiger partial charge in [-0.1, -0.05) is 18.2 Å². The van der Waals surface area contributed by atoms with Crippen LogP contribution in [0.5, 0.6) is 5.75 Å². The van der Waals surface area contributed by atoms with Crippen molar-refractivity contribution in [2.24, 2.45) is 5.10 Å². The van der Waals surface area contributed by atoms with E-state index in [-0.39, 0.29) is 16.3 Å². The van der Waals surface area contributed by atoms with Gasteiger partial charge in [0.15, 0.2) is 0 Å². The van der Waals surface area contributed by atoms with Gasteiger partial charge in [-0.15, -0.1) is 0 Å². The van der Waals surface area contributed by atoms with Crippen molar-refractivity contribution < 1.29 is 18.1 Å². The molecule has 24 heavy (non-hydrogen) atoms. The fourth-order valence-electron chi connectivity index (χ4n) is 1.93. The topological polar surface area (TPSA) is 111 Å². The van der Waals surface area contributed by atoms with Crippen molar-refractivity contribution in [1.82, 2.24) is 4.83 Å². The number of sulfonamides is 1. The predicted molar refractivity (Wildman–Crippen MR) is 88.7 cm³/mol. The maximum Gasteiger partial charge on any atom is 0.280 e. The Bertz CT molecular complexity index is 894. The van der Waals surface area contributed by atoms with E-state index in [1.165, 1.54) is 37.6 Å². The van der Waals surface area contributed by atoms with Gasteiger partial charge in [-0.25, -0.2) is 0 Å². The Labute approximate surface area is 139 Å². The number of nitrogens with one attached hydrogen (secondary N) is 1. The second-order valence-corrected chi connectivity index (χ2v) is 6.49. The Morgan fingerprint density at radius 2 is 2.00 bits per heavy atom. The summed E-state index contributed by atoms with van der Waals surface area (Å²) in [4.78, 5) is 12.2. The van der Waals surface area contributed by atoms with Crippen molar-refractivity contribution in [1.29, 1.82) is 0 Å². The molecule has 0 aliphatic carbocycles. The first-order valence-electron chi connectivity index (χ1n) is 6.77. The van der Waals surface area contributed by atoms with Crippen LogP contribution in [0.25, 0.3) is 0 Å². The smallest absolute Gasteiger partial charge is 0.280 e. The molecule has 0 fully saturated rings. The molecule has 0 spiro atoms. The molecule has 0 saturated carbocycles. The van der Waals surface area contributed by atoms with Gasteiger partial charge in [0, 0.05) is 17.7 Å². The molecule has 0 atom stereocenters. The summed E-state index contributed by atoms with van der Waals surface area (Å²) in [6.07, 6.45) is 1.19. The summed E-state index contributed by atoms with van der Waals surface area (Å²) in [5.74, 6) is 0.193. The third-order valence-corrected chi connectivity index (χ3v) is 4.32. The van der Waals surface area contributed by atoms with Gasteiger partial charge in [0.2, 0.25) is 0 Å². The number of hydrogen-bond donors (Lipinski definition) is 1. The third kappa shape index (κ3) is 4.07. The van der Waals surface area contributed by atoms with Crippen molar-refractivity contribution in [2.45, 2.75) is 11.8 Å². The van der Waals surface area contributed by atoms with E-state index in [9.17, 15) is 18.5 Å². The van der Waals surface area contributed by atoms with Crippen LogP contribution in [0.4, 0.5) is 5.69 Å². The first-order valence-corrected chi connectivity index (χ1v) is 8.26. The summed E-state index contributed by atoms with van der Waals surface area (Å²) in [6, 6.07) is 10.4. The molecule has 2 rings (SSSR count). The Balaban J connectivity index is 2.23. The van der Waals surface area contributed by atoms with E-state index < -0.39 is 14.9 Å². The quantitative estimate of drug-likeness (QED) is 0.488. The van der Waals surface area contributed by atoms with Crippen molar-refractivity contribution in [2.75, 3.05) is 7.11 Å². The number of hydrazone groups is 1. The minimum atomic E-state index is -3.93. The van der Waals surface area contributed by atoms with Crippen LogP contribution in [0.2, 0.25) is 0 Å². The van der Waals surface area contributed by atoms with Crippen molar-refractivity contribution in [3.63, 3.8) is 0 Å². The highest BCUT2D eigenvalue weighted by Gasteiger charge is 2.18. The Hall–Kier alpha value is -2.94. The zero-order valence-corrected chi connectivity index (χ0v) is 13.8. The minimum absolute atomic E-state index is 0.0406. The van der Waals surface area contributed by atoms with Crippen LogP contribution in [0.3, 0.4) is 0 Å². The molecule has 0 bridgehead atoms. The summed E-state index contributed by atoms with van der Waals surface area (Å²) < 4.78 is 29.7. The number of nitro benzene ring substituents is 1. The van der Waals surface area contributed by atoms with Gasteiger partial charge in [-0.3, -0.25) is 10.1 Å². The summed E-state index contributed by atoms with van der Waals surface area (Å²) in [5.41, 5.74) is 1.03. The van der Waals surface area contributed by atoms with Gasteiger partial charge >= 0.3 is 0 Å². The van der Waals surface area contributed by atoms with E-state index >= 15 is 0 Å². The average molecular weight is 349 g/mol. The van der Waals surface area contributed by atoms with Crippen LogP contribution in [0, 0.1) is 17.0 Å². The van der Waals surface area contributed by atoms with Crippen LogP contribution >= 0.6 is 0 Å². The van der Waals surface area contributed by atoms with Gasteiger partial charge < -0.3 is 4.74 Å². The lowest BCUT2D eigenvalue weighted by atomic mass is 10.2. The van der Waals surface area contributed by atoms with Gasteiger partial charge in [0.05, 0.1) is 18.2 Å². The highest BCUT2D eigenvalue weighted by atomic mass is 32.2. The van der Waals surface area contributed by atoms with Crippen LogP contribution in [-0.4, -0.2) is 26.7 Å². The van der Waals surface area contributed by atoms with Crippen LogP contribution in [-0.2, 0) is 10.0 Å². The minimum Gasteiger partial charge on any atom is -0.495 e. The fraction of sp³-hybridized carbons (Fsp3) is 0.133. The zero-order chi connectivity index (χ0) is 17.7. The molecule has 2 aromatic rings. The molecule has 0 aliphatic rings. The number of methoxy groups -OCH3 is 1. The van der Waals surface area contributed by atoms with Crippen LogP contribution in [0.15, 0.2) is 52.5 Å². The van der Waals surface area contributed by atoms with Crippen LogP contribution in [0.1, 0.15) is 11.1 Å². The number of nitro groups is 1. The number of rotatable bonds is 6. The lowest BCUT2D eigenvalue weighted by Crippen LogP contribution is -2.19. The van der Waals surface area contributed by atoms with E-state index in [0.29, 0.717) is 5.56 Å². The monoisotopic (exact) mass is 349 g/mol. The van der Waals surface area contributed by atoms with Gasteiger partial charge in [0.1, 0.15) is 10.6 Å². The molecule has 8 nitrogen and oxygen atoms in total. The summed E-state index contributed by atoms with van der Waals surface area (Å²) in [5, 5.41) is 14.4. The largest absolute Gasteiger partial charge is 0.495 e. The number of aryl methyl sites for hydroxylation is 1. The number of hydrogen-bond acceptors (Lipinski definition) is 6. The van der Waals surface area contributed by atoms with Gasteiger partial charge in [-0.05, 0) is 24.6 Å². The number of nitrogens with zero attached hydrogens (tertiary/aromatic N) is 2. The van der Waals surface area contributed by atoms with E-state index in [1.807, 2.05) is 0 Å². The zero-order valence-electron chi connectivity index (χ0n) is 13.0. The molecule has 0 aliphatic heterocycles. The van der Waals surface area contributed by atoms with Crippen molar-refractivity contribution >= 4 is 21.9 Å². The fourth-order valence-corrected chi connectivity index (χ4v) is 2.98. The van der Waals surface area contributed by atoms with Crippen molar-refractivity contribution in [3.05, 3.63) is 63.7 Å². The highest BCUT2D eigenvalue weighted by molar-refractivity contribution is 7.89. The molecule has 2 aromatic carbocycles. The molecule has 0 radical (unpaired) electrons. The molecule has 0 amide bonds. The van der Waals surface area contributed by atoms with Gasteiger partial charge in [0.25, 0.3) is 15.7 Å². The summed E-state index contributed by atoms with van der Waals surface area (Å²) >= 11 is 0. The maximum atomic E-state index is 12.3. The lowest BCUT2D eigenvalue weighted by Gasteiger charge is -2.09. The normalized spacial score (nSPS) is 11.4. The predicted octanol–water partition coefficient (Wildman–Crippen LogP) is 2.22. The molecule has 126 valence electrons. The van der Waals surface area contributed by atoms with Gasteiger partial charge in [-0.2, -0.15) is 18.4 Å². The van der Waals surface area contributed by atoms with E-state index in [2.05, 4.69) is 9.93 Å². The number of benzene rings is 2. The Kier molecular flexibility index (Phi) is 5.14. The molecular formula is C15H15N3O5S. The molecule has 9 heteroatoms. The van der Waals surface area contributed by atoms with E-state index in [0.717, 1.165) is 5.56 Å². The Morgan fingerprint density at radius 3 is 2.67 bits per heavy atom. The van der Waals surface area contributed by atoms with E-state index in [4.69, 9.17) is 4.74 Å². The second kappa shape index (κ2) is 7.09. The second-order valence-electron chi connectivity index (χ2n) is 4.86. The molecule has 1 N–H and O–H groups in total. The first kappa shape index (κ1) is 17.4. The number of non-ortho nitro benzene ring substituents is 1. The lowest BCUT2D eigenvalue weighted by molar-refractivity contribution is -0.384. The van der Waals surface area contributed by atoms with Crippen LogP contribution < -0.4 is 9.57 Å².